The summed E-state index contributed by atoms with van der Waals surface area (Å²) in [7, 11) is 4.12. The average molecular weight is 514 g/mol. The van der Waals surface area contributed by atoms with Crippen molar-refractivity contribution in [1.29, 1.82) is 0 Å². The van der Waals surface area contributed by atoms with E-state index in [0.29, 0.717) is 19.7 Å². The van der Waals surface area contributed by atoms with E-state index >= 15 is 0 Å². The quantitative estimate of drug-likeness (QED) is 0.218. The van der Waals surface area contributed by atoms with Crippen LogP contribution in [-0.2, 0) is 13.1 Å². The van der Waals surface area contributed by atoms with E-state index < -0.39 is 0 Å². The van der Waals surface area contributed by atoms with Gasteiger partial charge in [0.1, 0.15) is 11.6 Å². The first-order chi connectivity index (χ1) is 13.6. The van der Waals surface area contributed by atoms with Crippen LogP contribution in [0.1, 0.15) is 24.5 Å². The molecular weight excluding hydrogens is 482 g/mol. The summed E-state index contributed by atoms with van der Waals surface area (Å²) in [5, 5.41) is 6.49. The Morgan fingerprint density at radius 2 is 1.66 bits per heavy atom. The summed E-state index contributed by atoms with van der Waals surface area (Å²) in [5.41, 5.74) is 2.11. The minimum atomic E-state index is -0.227. The lowest BCUT2D eigenvalue weighted by atomic mass is 10.2. The van der Waals surface area contributed by atoms with Crippen molar-refractivity contribution in [2.75, 3.05) is 33.8 Å². The van der Waals surface area contributed by atoms with Crippen LogP contribution in [0, 0.1) is 5.82 Å². The van der Waals surface area contributed by atoms with E-state index in [1.807, 2.05) is 31.2 Å². The van der Waals surface area contributed by atoms with Gasteiger partial charge in [0.2, 0.25) is 0 Å². The molecule has 0 bridgehead atoms. The van der Waals surface area contributed by atoms with Gasteiger partial charge in [-0.25, -0.2) is 9.38 Å². The zero-order valence-corrected chi connectivity index (χ0v) is 19.8. The summed E-state index contributed by atoms with van der Waals surface area (Å²) >= 11 is 0. The molecule has 0 saturated carbocycles. The highest BCUT2D eigenvalue weighted by atomic mass is 127. The van der Waals surface area contributed by atoms with Crippen LogP contribution >= 0.6 is 24.0 Å². The predicted molar refractivity (Wildman–Crippen MR) is 129 cm³/mol. The first-order valence-corrected chi connectivity index (χ1v) is 9.70. The summed E-state index contributed by atoms with van der Waals surface area (Å²) in [6, 6.07) is 14.5. The summed E-state index contributed by atoms with van der Waals surface area (Å²) < 4.78 is 18.8. The molecule has 5 nitrogen and oxygen atoms in total. The van der Waals surface area contributed by atoms with E-state index in [1.54, 1.807) is 12.1 Å². The Kier molecular flexibility index (Phi) is 12.3. The molecule has 0 aliphatic rings. The van der Waals surface area contributed by atoms with Crippen LogP contribution in [0.3, 0.4) is 0 Å². The highest BCUT2D eigenvalue weighted by Gasteiger charge is 2.00. The van der Waals surface area contributed by atoms with Crippen LogP contribution in [0.15, 0.2) is 53.5 Å². The van der Waals surface area contributed by atoms with Crippen LogP contribution in [0.4, 0.5) is 4.39 Å². The molecule has 7 heteroatoms. The van der Waals surface area contributed by atoms with Gasteiger partial charge in [0, 0.05) is 19.6 Å². The third-order valence-electron chi connectivity index (χ3n) is 4.08. The fraction of sp³-hybridized carbons (Fsp3) is 0.409. The highest BCUT2D eigenvalue weighted by Crippen LogP contribution is 2.13. The maximum atomic E-state index is 13.0. The van der Waals surface area contributed by atoms with E-state index in [-0.39, 0.29) is 29.8 Å². The van der Waals surface area contributed by atoms with E-state index in [9.17, 15) is 4.39 Å². The maximum Gasteiger partial charge on any atom is 0.191 e. The molecule has 2 aromatic carbocycles. The van der Waals surface area contributed by atoms with Crippen molar-refractivity contribution in [2.24, 2.45) is 4.99 Å². The van der Waals surface area contributed by atoms with Gasteiger partial charge in [-0.05, 0) is 62.8 Å². The second kappa shape index (κ2) is 14.2. The van der Waals surface area contributed by atoms with E-state index in [2.05, 4.69) is 34.6 Å². The highest BCUT2D eigenvalue weighted by molar-refractivity contribution is 14.0. The number of rotatable bonds is 10. The lowest BCUT2D eigenvalue weighted by Crippen LogP contribution is -2.36. The Bertz CT molecular complexity index is 721. The summed E-state index contributed by atoms with van der Waals surface area (Å²) in [6.45, 7) is 5.69. The average Bonchev–Trinajstić information content (AvgIpc) is 2.69. The molecule has 2 rings (SSSR count). The monoisotopic (exact) mass is 514 g/mol. The maximum absolute atomic E-state index is 13.0. The molecule has 0 aliphatic carbocycles. The molecule has 0 fully saturated rings. The van der Waals surface area contributed by atoms with Crippen molar-refractivity contribution in [2.45, 2.75) is 26.4 Å². The van der Waals surface area contributed by atoms with Gasteiger partial charge < -0.3 is 20.3 Å². The molecule has 0 spiro atoms. The third kappa shape index (κ3) is 10.5. The largest absolute Gasteiger partial charge is 0.494 e. The smallest absolute Gasteiger partial charge is 0.191 e. The first kappa shape index (κ1) is 25.2. The number of guanidine groups is 1. The predicted octanol–water partition coefficient (Wildman–Crippen LogP) is 4.03. The fourth-order valence-corrected chi connectivity index (χ4v) is 2.56. The number of aliphatic imine (C=N–C) groups is 1. The molecule has 0 amide bonds. The van der Waals surface area contributed by atoms with Gasteiger partial charge in [-0.1, -0.05) is 24.3 Å². The number of benzene rings is 2. The zero-order chi connectivity index (χ0) is 20.2. The zero-order valence-electron chi connectivity index (χ0n) is 17.5. The second-order valence-corrected chi connectivity index (χ2v) is 6.82. The standard InChI is InChI=1S/C22H31FN4O.HI/c1-4-24-22(25-16-18-6-10-20(23)11-7-18)26-17-19-8-12-21(13-9-19)28-15-5-14-27(2)3;/h6-13H,4-5,14-17H2,1-3H3,(H2,24,25,26);1H. The Morgan fingerprint density at radius 3 is 2.28 bits per heavy atom. The fourth-order valence-electron chi connectivity index (χ4n) is 2.56. The first-order valence-electron chi connectivity index (χ1n) is 9.70. The summed E-state index contributed by atoms with van der Waals surface area (Å²) in [6.07, 6.45) is 1.00. The molecule has 0 aromatic heterocycles. The Labute approximate surface area is 190 Å². The van der Waals surface area contributed by atoms with Crippen molar-refractivity contribution < 1.29 is 9.13 Å². The van der Waals surface area contributed by atoms with Gasteiger partial charge in [0.15, 0.2) is 5.96 Å². The van der Waals surface area contributed by atoms with Crippen molar-refractivity contribution in [3.63, 3.8) is 0 Å². The molecule has 0 radical (unpaired) electrons. The van der Waals surface area contributed by atoms with Crippen LogP contribution in [-0.4, -0.2) is 44.7 Å². The molecule has 0 atom stereocenters. The van der Waals surface area contributed by atoms with Gasteiger partial charge in [-0.15, -0.1) is 24.0 Å². The number of nitrogens with one attached hydrogen (secondary N) is 2. The van der Waals surface area contributed by atoms with Crippen molar-refractivity contribution in [3.05, 3.63) is 65.5 Å². The van der Waals surface area contributed by atoms with Crippen LogP contribution in [0.5, 0.6) is 5.75 Å². The van der Waals surface area contributed by atoms with Gasteiger partial charge >= 0.3 is 0 Å². The number of nitrogens with zero attached hydrogens (tertiary/aromatic N) is 2. The number of hydrogen-bond donors (Lipinski definition) is 2. The van der Waals surface area contributed by atoms with E-state index in [4.69, 9.17) is 4.74 Å². The van der Waals surface area contributed by atoms with Crippen LogP contribution in [0.2, 0.25) is 0 Å². The van der Waals surface area contributed by atoms with Gasteiger partial charge in [-0.3, -0.25) is 0 Å². The Hall–Kier alpha value is -1.87. The number of ether oxygens (including phenoxy) is 1. The van der Waals surface area contributed by atoms with Gasteiger partial charge in [-0.2, -0.15) is 0 Å². The SMILES string of the molecule is CCNC(=NCc1ccc(OCCCN(C)C)cc1)NCc1ccc(F)cc1.I. The minimum Gasteiger partial charge on any atom is -0.494 e. The van der Waals surface area contributed by atoms with Crippen molar-refractivity contribution in [1.82, 2.24) is 15.5 Å². The minimum absolute atomic E-state index is 0. The number of halogens is 2. The van der Waals surface area contributed by atoms with Crippen LogP contribution < -0.4 is 15.4 Å². The van der Waals surface area contributed by atoms with Gasteiger partial charge in [0.25, 0.3) is 0 Å². The molecular formula is C22H32FIN4O. The Morgan fingerprint density at radius 1 is 1.00 bits per heavy atom. The van der Waals surface area contributed by atoms with E-state index in [1.165, 1.54) is 12.1 Å². The number of hydrogen-bond acceptors (Lipinski definition) is 3. The molecule has 29 heavy (non-hydrogen) atoms. The molecule has 0 unspecified atom stereocenters. The van der Waals surface area contributed by atoms with E-state index in [0.717, 1.165) is 42.3 Å². The molecule has 2 N–H and O–H groups in total. The molecule has 0 aliphatic heterocycles. The van der Waals surface area contributed by atoms with Crippen LogP contribution in [0.25, 0.3) is 0 Å². The third-order valence-corrected chi connectivity index (χ3v) is 4.08. The summed E-state index contributed by atoms with van der Waals surface area (Å²) in [4.78, 5) is 6.76. The molecule has 160 valence electrons. The molecule has 0 saturated heterocycles. The molecule has 0 heterocycles. The molecule has 2 aromatic rings. The summed E-state index contributed by atoms with van der Waals surface area (Å²) in [5.74, 6) is 1.39. The lowest BCUT2D eigenvalue weighted by Gasteiger charge is -2.12. The van der Waals surface area contributed by atoms with Gasteiger partial charge in [0.05, 0.1) is 13.2 Å². The topological polar surface area (TPSA) is 48.9 Å². The second-order valence-electron chi connectivity index (χ2n) is 6.82. The van der Waals surface area contributed by atoms with Crippen molar-refractivity contribution in [3.8, 4) is 5.75 Å². The normalized spacial score (nSPS) is 11.1. The van der Waals surface area contributed by atoms with Crippen molar-refractivity contribution >= 4 is 29.9 Å². The lowest BCUT2D eigenvalue weighted by molar-refractivity contribution is 0.281. The Balaban J connectivity index is 0.00000420.